The van der Waals surface area contributed by atoms with E-state index in [4.69, 9.17) is 4.52 Å². The molecular weight excluding hydrogens is 231 g/mol. The Balaban J connectivity index is 2.47. The van der Waals surface area contributed by atoms with E-state index in [2.05, 4.69) is 10.6 Å². The highest BCUT2D eigenvalue weighted by Gasteiger charge is 2.31. The summed E-state index contributed by atoms with van der Waals surface area (Å²) in [4.78, 5) is 22.1. The lowest BCUT2D eigenvalue weighted by atomic mass is 10.2. The summed E-state index contributed by atoms with van der Waals surface area (Å²) in [6.07, 6.45) is 1.11. The molecule has 6 nitrogen and oxygen atoms in total. The number of carbonyl (C=O) groups excluding carboxylic acids is 2. The summed E-state index contributed by atoms with van der Waals surface area (Å²) in [5.41, 5.74) is 0. The van der Waals surface area contributed by atoms with E-state index in [0.29, 0.717) is 25.4 Å². The van der Waals surface area contributed by atoms with Gasteiger partial charge in [0.25, 0.3) is 5.91 Å². The molecule has 2 unspecified atom stereocenters. The Bertz CT molecular complexity index is 331. The molecule has 16 heavy (non-hydrogen) atoms. The Labute approximate surface area is 94.6 Å². The van der Waals surface area contributed by atoms with Gasteiger partial charge in [-0.2, -0.15) is 0 Å². The Morgan fingerprint density at radius 1 is 1.38 bits per heavy atom. The minimum Gasteiger partial charge on any atom is -0.329 e. The third-order valence-corrected chi connectivity index (χ3v) is 5.10. The van der Waals surface area contributed by atoms with Crippen LogP contribution in [0.2, 0.25) is 0 Å². The molecule has 1 saturated heterocycles. The van der Waals surface area contributed by atoms with Gasteiger partial charge in [-0.25, -0.2) is 4.79 Å². The summed E-state index contributed by atoms with van der Waals surface area (Å²) in [6.45, 7) is 3.98. The molecule has 0 aromatic carbocycles. The molecule has 2 atom stereocenters. The number of rotatable bonds is 6. The van der Waals surface area contributed by atoms with Crippen molar-refractivity contribution < 1.29 is 18.7 Å². The largest absolute Gasteiger partial charge is 0.329 e. The van der Waals surface area contributed by atoms with E-state index in [0.717, 1.165) is 0 Å². The van der Waals surface area contributed by atoms with E-state index in [9.17, 15) is 14.2 Å². The summed E-state index contributed by atoms with van der Waals surface area (Å²) in [6, 6.07) is -1.06. The molecule has 7 heteroatoms. The summed E-state index contributed by atoms with van der Waals surface area (Å²) >= 11 is 0. The fourth-order valence-corrected chi connectivity index (χ4v) is 3.29. The maximum Gasteiger partial charge on any atom is 0.322 e. The first-order valence-corrected chi connectivity index (χ1v) is 7.34. The highest BCUT2D eigenvalue weighted by atomic mass is 31.2. The molecule has 2 N–H and O–H groups in total. The molecule has 92 valence electrons. The van der Waals surface area contributed by atoms with Gasteiger partial charge < -0.3 is 9.84 Å². The molecule has 1 aliphatic rings. The van der Waals surface area contributed by atoms with E-state index in [1.54, 1.807) is 13.8 Å². The van der Waals surface area contributed by atoms with Crippen molar-refractivity contribution in [3.8, 4) is 0 Å². The second-order valence-electron chi connectivity index (χ2n) is 3.58. The van der Waals surface area contributed by atoms with Gasteiger partial charge in [0.1, 0.15) is 6.04 Å². The fraction of sp³-hybridized carbons (Fsp3) is 0.778. The van der Waals surface area contributed by atoms with E-state index >= 15 is 0 Å². The first-order valence-electron chi connectivity index (χ1n) is 5.34. The zero-order chi connectivity index (χ0) is 12.2. The highest BCUT2D eigenvalue weighted by molar-refractivity contribution is 7.58. The molecule has 0 spiro atoms. The Kier molecular flexibility index (Phi) is 4.50. The van der Waals surface area contributed by atoms with Gasteiger partial charge in [0, 0.05) is 12.3 Å². The van der Waals surface area contributed by atoms with Crippen LogP contribution < -0.4 is 10.6 Å². The van der Waals surface area contributed by atoms with Crippen molar-refractivity contribution in [3.63, 3.8) is 0 Å². The monoisotopic (exact) mass is 248 g/mol. The van der Waals surface area contributed by atoms with Gasteiger partial charge in [-0.1, -0.05) is 6.92 Å². The molecule has 1 rings (SSSR count). The second-order valence-corrected chi connectivity index (χ2v) is 6.54. The predicted octanol–water partition coefficient (Wildman–Crippen LogP) is 0.919. The molecular formula is C9H17N2O4P. The zero-order valence-corrected chi connectivity index (χ0v) is 10.4. The third kappa shape index (κ3) is 3.32. The van der Waals surface area contributed by atoms with Gasteiger partial charge >= 0.3 is 6.03 Å². The quantitative estimate of drug-likeness (QED) is 0.540. The van der Waals surface area contributed by atoms with E-state index < -0.39 is 19.4 Å². The Morgan fingerprint density at radius 2 is 2.06 bits per heavy atom. The second kappa shape index (κ2) is 5.46. The van der Waals surface area contributed by atoms with Crippen molar-refractivity contribution in [1.82, 2.24) is 10.6 Å². The molecule has 0 bridgehead atoms. The molecule has 1 heterocycles. The standard InChI is InChI=1S/C9H17N2O4P/c1-3-15-16(14,4-2)6-5-7-8(12)11-9(13)10-7/h7H,3-6H2,1-2H3,(H2,10,11,12,13). The van der Waals surface area contributed by atoms with Crippen molar-refractivity contribution in [2.45, 2.75) is 26.3 Å². The average Bonchev–Trinajstić information content (AvgIpc) is 2.55. The van der Waals surface area contributed by atoms with Crippen LogP contribution in [-0.4, -0.2) is 36.9 Å². The summed E-state index contributed by atoms with van der Waals surface area (Å²) in [5, 5.41) is 4.60. The van der Waals surface area contributed by atoms with Crippen molar-refractivity contribution in [3.05, 3.63) is 0 Å². The van der Waals surface area contributed by atoms with Crippen LogP contribution in [0.15, 0.2) is 0 Å². The van der Waals surface area contributed by atoms with Crippen molar-refractivity contribution >= 4 is 19.3 Å². The summed E-state index contributed by atoms with van der Waals surface area (Å²) < 4.78 is 17.3. The van der Waals surface area contributed by atoms with Crippen LogP contribution in [0, 0.1) is 0 Å². The van der Waals surface area contributed by atoms with Gasteiger partial charge in [-0.05, 0) is 13.3 Å². The summed E-state index contributed by atoms with van der Waals surface area (Å²) in [7, 11) is -2.63. The molecule has 0 radical (unpaired) electrons. The van der Waals surface area contributed by atoms with Crippen LogP contribution in [0.3, 0.4) is 0 Å². The van der Waals surface area contributed by atoms with Crippen LogP contribution in [0.4, 0.5) is 4.79 Å². The first kappa shape index (κ1) is 13.2. The molecule has 3 amide bonds. The minimum absolute atomic E-state index is 0.315. The maximum atomic E-state index is 12.1. The Hall–Kier alpha value is -0.870. The van der Waals surface area contributed by atoms with Gasteiger partial charge in [0.15, 0.2) is 0 Å². The third-order valence-electron chi connectivity index (χ3n) is 2.46. The van der Waals surface area contributed by atoms with E-state index in [1.165, 1.54) is 0 Å². The maximum absolute atomic E-state index is 12.1. The van der Waals surface area contributed by atoms with E-state index in [-0.39, 0.29) is 5.91 Å². The number of hydrogen-bond donors (Lipinski definition) is 2. The lowest BCUT2D eigenvalue weighted by molar-refractivity contribution is -0.120. The van der Waals surface area contributed by atoms with Gasteiger partial charge in [-0.3, -0.25) is 14.7 Å². The SMILES string of the molecule is CCOP(=O)(CC)CCC1NC(=O)NC1=O. The fourth-order valence-electron chi connectivity index (χ4n) is 1.54. The van der Waals surface area contributed by atoms with Gasteiger partial charge in [-0.15, -0.1) is 0 Å². The van der Waals surface area contributed by atoms with Crippen LogP contribution in [-0.2, 0) is 13.9 Å². The average molecular weight is 248 g/mol. The number of urea groups is 1. The number of nitrogens with one attached hydrogen (secondary N) is 2. The minimum atomic E-state index is -2.63. The molecule has 0 saturated carbocycles. The molecule has 0 aromatic rings. The van der Waals surface area contributed by atoms with Crippen molar-refractivity contribution in [2.75, 3.05) is 18.9 Å². The normalized spacial score (nSPS) is 23.8. The van der Waals surface area contributed by atoms with Crippen LogP contribution in [0.5, 0.6) is 0 Å². The highest BCUT2D eigenvalue weighted by Crippen LogP contribution is 2.47. The summed E-state index contributed by atoms with van der Waals surface area (Å²) in [5.74, 6) is -0.357. The first-order chi connectivity index (χ1) is 7.50. The van der Waals surface area contributed by atoms with Crippen LogP contribution in [0.25, 0.3) is 0 Å². The van der Waals surface area contributed by atoms with Crippen LogP contribution >= 0.6 is 7.37 Å². The van der Waals surface area contributed by atoms with Crippen molar-refractivity contribution in [1.29, 1.82) is 0 Å². The van der Waals surface area contributed by atoms with E-state index in [1.807, 2.05) is 0 Å². The zero-order valence-electron chi connectivity index (χ0n) is 9.49. The smallest absolute Gasteiger partial charge is 0.322 e. The lowest BCUT2D eigenvalue weighted by Crippen LogP contribution is -2.29. The number of carbonyl (C=O) groups is 2. The number of amides is 3. The lowest BCUT2D eigenvalue weighted by Gasteiger charge is -2.17. The molecule has 1 fully saturated rings. The topological polar surface area (TPSA) is 84.5 Å². The number of hydrogen-bond acceptors (Lipinski definition) is 4. The molecule has 0 aliphatic carbocycles. The van der Waals surface area contributed by atoms with Gasteiger partial charge in [0.2, 0.25) is 7.37 Å². The van der Waals surface area contributed by atoms with Gasteiger partial charge in [0.05, 0.1) is 6.61 Å². The molecule has 1 aliphatic heterocycles. The van der Waals surface area contributed by atoms with Crippen molar-refractivity contribution in [2.24, 2.45) is 0 Å². The number of imide groups is 1. The predicted molar refractivity (Wildman–Crippen MR) is 59.7 cm³/mol. The molecule has 0 aromatic heterocycles. The van der Waals surface area contributed by atoms with Crippen LogP contribution in [0.1, 0.15) is 20.3 Å². The Morgan fingerprint density at radius 3 is 2.50 bits per heavy atom.